The largest absolute Gasteiger partial charge is 0.427 e. The highest BCUT2D eigenvalue weighted by Crippen LogP contribution is 2.21. The van der Waals surface area contributed by atoms with Crippen LogP contribution in [0.25, 0.3) is 10.8 Å². The summed E-state index contributed by atoms with van der Waals surface area (Å²) in [6.07, 6.45) is 3.53. The molecule has 0 unspecified atom stereocenters. The molecule has 0 heterocycles. The maximum absolute atomic E-state index is 11.7. The molecule has 0 N–H and O–H groups in total. The number of unbranched alkanes of at least 4 members (excludes halogenated alkanes) is 2. The first-order valence-corrected chi connectivity index (χ1v) is 7.67. The van der Waals surface area contributed by atoms with E-state index in [0.717, 1.165) is 35.4 Å². The van der Waals surface area contributed by atoms with Gasteiger partial charge >= 0.3 is 5.97 Å². The van der Waals surface area contributed by atoms with Gasteiger partial charge in [-0.3, -0.25) is 4.79 Å². The average Bonchev–Trinajstić information content (AvgIpc) is 2.43. The standard InChI is InChI=1S/C16H17BrO2/c17-11-5-1-2-8-16(18)19-15-10-9-13-6-3-4-7-14(13)12-15/h3-4,6-7,9-10,12H,1-2,5,8,11H2. The summed E-state index contributed by atoms with van der Waals surface area (Å²) >= 11 is 3.38. The van der Waals surface area contributed by atoms with Crippen LogP contribution < -0.4 is 4.74 Å². The van der Waals surface area contributed by atoms with Crippen LogP contribution in [0.4, 0.5) is 0 Å². The summed E-state index contributed by atoms with van der Waals surface area (Å²) in [6.45, 7) is 0. The van der Waals surface area contributed by atoms with Gasteiger partial charge in [-0.15, -0.1) is 0 Å². The highest BCUT2D eigenvalue weighted by Gasteiger charge is 2.05. The molecule has 0 aliphatic rings. The maximum atomic E-state index is 11.7. The molecule has 0 spiro atoms. The van der Waals surface area contributed by atoms with Crippen LogP contribution in [-0.4, -0.2) is 11.3 Å². The van der Waals surface area contributed by atoms with Crippen LogP contribution in [0.3, 0.4) is 0 Å². The quantitative estimate of drug-likeness (QED) is 0.334. The zero-order valence-corrected chi connectivity index (χ0v) is 12.4. The van der Waals surface area contributed by atoms with Crippen LogP contribution in [0.1, 0.15) is 25.7 Å². The molecule has 2 nitrogen and oxygen atoms in total. The van der Waals surface area contributed by atoms with E-state index >= 15 is 0 Å². The van der Waals surface area contributed by atoms with Crippen LogP contribution in [0.2, 0.25) is 0 Å². The molecule has 2 aromatic rings. The number of hydrogen-bond donors (Lipinski definition) is 0. The van der Waals surface area contributed by atoms with Crippen LogP contribution in [0, 0.1) is 0 Å². The highest BCUT2D eigenvalue weighted by molar-refractivity contribution is 9.09. The summed E-state index contributed by atoms with van der Waals surface area (Å²) in [5.41, 5.74) is 0. The van der Waals surface area contributed by atoms with Gasteiger partial charge in [0.25, 0.3) is 0 Å². The number of alkyl halides is 1. The first-order valence-electron chi connectivity index (χ1n) is 6.55. The number of benzene rings is 2. The van der Waals surface area contributed by atoms with Gasteiger partial charge in [0.2, 0.25) is 0 Å². The van der Waals surface area contributed by atoms with Gasteiger partial charge in [-0.2, -0.15) is 0 Å². The van der Waals surface area contributed by atoms with E-state index < -0.39 is 0 Å². The zero-order valence-electron chi connectivity index (χ0n) is 10.8. The molecule has 2 aromatic carbocycles. The lowest BCUT2D eigenvalue weighted by molar-refractivity contribution is -0.134. The summed E-state index contributed by atoms with van der Waals surface area (Å²) in [4.78, 5) is 11.7. The van der Waals surface area contributed by atoms with Gasteiger partial charge < -0.3 is 4.74 Å². The molecule has 0 aromatic heterocycles. The third-order valence-electron chi connectivity index (χ3n) is 2.97. The minimum absolute atomic E-state index is 0.148. The Morgan fingerprint density at radius 2 is 1.79 bits per heavy atom. The molecule has 0 amide bonds. The van der Waals surface area contributed by atoms with Crippen LogP contribution in [0.15, 0.2) is 42.5 Å². The molecule has 0 saturated carbocycles. The van der Waals surface area contributed by atoms with Crippen molar-refractivity contribution in [1.29, 1.82) is 0 Å². The zero-order chi connectivity index (χ0) is 13.5. The van der Waals surface area contributed by atoms with Crippen LogP contribution >= 0.6 is 15.9 Å². The monoisotopic (exact) mass is 320 g/mol. The number of rotatable bonds is 6. The van der Waals surface area contributed by atoms with Crippen molar-refractivity contribution in [1.82, 2.24) is 0 Å². The molecule has 0 aliphatic carbocycles. The molecule has 0 aliphatic heterocycles. The summed E-state index contributed by atoms with van der Waals surface area (Å²) < 4.78 is 5.35. The third kappa shape index (κ3) is 4.35. The average molecular weight is 321 g/mol. The minimum atomic E-state index is -0.148. The molecule has 0 radical (unpaired) electrons. The lowest BCUT2D eigenvalue weighted by atomic mass is 10.1. The van der Waals surface area contributed by atoms with E-state index in [4.69, 9.17) is 4.74 Å². The van der Waals surface area contributed by atoms with E-state index in [1.54, 1.807) is 0 Å². The Morgan fingerprint density at radius 3 is 2.58 bits per heavy atom. The van der Waals surface area contributed by atoms with Crippen molar-refractivity contribution in [3.63, 3.8) is 0 Å². The van der Waals surface area contributed by atoms with E-state index in [9.17, 15) is 4.79 Å². The van der Waals surface area contributed by atoms with Gasteiger partial charge in [-0.25, -0.2) is 0 Å². The highest BCUT2D eigenvalue weighted by atomic mass is 79.9. The fourth-order valence-corrected chi connectivity index (χ4v) is 2.35. The Hall–Kier alpha value is -1.35. The predicted molar refractivity (Wildman–Crippen MR) is 81.8 cm³/mol. The van der Waals surface area contributed by atoms with E-state index in [2.05, 4.69) is 15.9 Å². The molecule has 0 bridgehead atoms. The van der Waals surface area contributed by atoms with Gasteiger partial charge in [0.05, 0.1) is 0 Å². The third-order valence-corrected chi connectivity index (χ3v) is 3.53. The first-order chi connectivity index (χ1) is 9.29. The lowest BCUT2D eigenvalue weighted by Gasteiger charge is -2.05. The fraction of sp³-hybridized carbons (Fsp3) is 0.312. The van der Waals surface area contributed by atoms with E-state index in [1.807, 2.05) is 42.5 Å². The van der Waals surface area contributed by atoms with Gasteiger partial charge in [-0.1, -0.05) is 52.7 Å². The Kier molecular flexibility index (Phi) is 5.40. The fourth-order valence-electron chi connectivity index (χ4n) is 1.95. The van der Waals surface area contributed by atoms with Crippen LogP contribution in [-0.2, 0) is 4.79 Å². The molecule has 0 fully saturated rings. The molecule has 2 rings (SSSR count). The van der Waals surface area contributed by atoms with Crippen molar-refractivity contribution >= 4 is 32.7 Å². The van der Waals surface area contributed by atoms with Crippen molar-refractivity contribution in [3.05, 3.63) is 42.5 Å². The number of fused-ring (bicyclic) bond motifs is 1. The second-order valence-electron chi connectivity index (χ2n) is 4.48. The Labute approximate surface area is 121 Å². The summed E-state index contributed by atoms with van der Waals surface area (Å²) in [7, 11) is 0. The number of carbonyl (C=O) groups is 1. The molecule has 19 heavy (non-hydrogen) atoms. The van der Waals surface area contributed by atoms with Gasteiger partial charge in [0.1, 0.15) is 5.75 Å². The van der Waals surface area contributed by atoms with Crippen molar-refractivity contribution in [3.8, 4) is 5.75 Å². The van der Waals surface area contributed by atoms with Gasteiger partial charge in [-0.05, 0) is 35.7 Å². The van der Waals surface area contributed by atoms with Crippen LogP contribution in [0.5, 0.6) is 5.75 Å². The molecule has 0 saturated heterocycles. The number of ether oxygens (including phenoxy) is 1. The Balaban J connectivity index is 1.91. The van der Waals surface area contributed by atoms with Crippen molar-refractivity contribution in [2.45, 2.75) is 25.7 Å². The maximum Gasteiger partial charge on any atom is 0.311 e. The van der Waals surface area contributed by atoms with Crippen molar-refractivity contribution in [2.75, 3.05) is 5.33 Å². The van der Waals surface area contributed by atoms with E-state index in [1.165, 1.54) is 0 Å². The minimum Gasteiger partial charge on any atom is -0.427 e. The van der Waals surface area contributed by atoms with Crippen molar-refractivity contribution in [2.24, 2.45) is 0 Å². The van der Waals surface area contributed by atoms with Gasteiger partial charge in [0.15, 0.2) is 0 Å². The number of hydrogen-bond acceptors (Lipinski definition) is 2. The molecule has 3 heteroatoms. The second-order valence-corrected chi connectivity index (χ2v) is 5.28. The summed E-state index contributed by atoms with van der Waals surface area (Å²) in [6, 6.07) is 13.8. The van der Waals surface area contributed by atoms with E-state index in [-0.39, 0.29) is 5.97 Å². The molecule has 0 atom stereocenters. The van der Waals surface area contributed by atoms with E-state index in [0.29, 0.717) is 12.2 Å². The number of halogens is 1. The Morgan fingerprint density at radius 1 is 1.00 bits per heavy atom. The molecule has 100 valence electrons. The number of esters is 1. The predicted octanol–water partition coefficient (Wildman–Crippen LogP) is 4.70. The lowest BCUT2D eigenvalue weighted by Crippen LogP contribution is -2.07. The second kappa shape index (κ2) is 7.29. The smallest absolute Gasteiger partial charge is 0.311 e. The van der Waals surface area contributed by atoms with Crippen molar-refractivity contribution < 1.29 is 9.53 Å². The molecular formula is C16H17BrO2. The molecular weight excluding hydrogens is 304 g/mol. The normalized spacial score (nSPS) is 10.6. The first kappa shape index (κ1) is 14.1. The SMILES string of the molecule is O=C(CCCCCBr)Oc1ccc2ccccc2c1. The topological polar surface area (TPSA) is 26.3 Å². The van der Waals surface area contributed by atoms with Gasteiger partial charge in [0, 0.05) is 11.8 Å². The number of carbonyl (C=O) groups excluding carboxylic acids is 1. The summed E-state index contributed by atoms with van der Waals surface area (Å²) in [5.74, 6) is 0.481. The summed E-state index contributed by atoms with van der Waals surface area (Å²) in [5, 5.41) is 3.24. The Bertz CT molecular complexity index is 551.